The van der Waals surface area contributed by atoms with Crippen molar-refractivity contribution in [1.29, 1.82) is 0 Å². The van der Waals surface area contributed by atoms with Crippen molar-refractivity contribution in [2.45, 2.75) is 26.2 Å². The summed E-state index contributed by atoms with van der Waals surface area (Å²) in [6, 6.07) is 0. The average Bonchev–Trinajstić information content (AvgIpc) is 2.79. The smallest absolute Gasteiger partial charge is 0.360 e. The number of rotatable bonds is 3. The molecule has 1 aromatic heterocycles. The lowest BCUT2D eigenvalue weighted by Crippen LogP contribution is -2.30. The van der Waals surface area contributed by atoms with Crippen molar-refractivity contribution in [2.75, 3.05) is 24.6 Å². The van der Waals surface area contributed by atoms with E-state index < -0.39 is 0 Å². The molecular weight excluding hydrogens is 224 g/mol. The first-order valence-corrected chi connectivity index (χ1v) is 6.56. The largest absolute Gasteiger partial charge is 0.461 e. The van der Waals surface area contributed by atoms with Crippen LogP contribution in [0.1, 0.15) is 36.7 Å². The van der Waals surface area contributed by atoms with Gasteiger partial charge in [0, 0.05) is 13.1 Å². The average molecular weight is 240 g/mol. The Balaban J connectivity index is 2.14. The molecule has 5 heteroatoms. The quantitative estimate of drug-likeness (QED) is 0.760. The van der Waals surface area contributed by atoms with Gasteiger partial charge < -0.3 is 9.64 Å². The van der Waals surface area contributed by atoms with Gasteiger partial charge in [0.2, 0.25) is 0 Å². The van der Waals surface area contributed by atoms with E-state index in [9.17, 15) is 4.79 Å². The highest BCUT2D eigenvalue weighted by Crippen LogP contribution is 2.28. The molecule has 1 aliphatic heterocycles. The van der Waals surface area contributed by atoms with Crippen molar-refractivity contribution in [1.82, 2.24) is 4.98 Å². The van der Waals surface area contributed by atoms with Gasteiger partial charge in [-0.3, -0.25) is 0 Å². The van der Waals surface area contributed by atoms with E-state index >= 15 is 0 Å². The number of hydrogen-bond acceptors (Lipinski definition) is 5. The Bertz CT molecular complexity index is 359. The maximum absolute atomic E-state index is 11.7. The third-order valence-electron chi connectivity index (χ3n) is 2.66. The summed E-state index contributed by atoms with van der Waals surface area (Å²) >= 11 is 1.52. The summed E-state index contributed by atoms with van der Waals surface area (Å²) in [4.78, 5) is 18.0. The van der Waals surface area contributed by atoms with Crippen molar-refractivity contribution in [3.05, 3.63) is 11.2 Å². The number of hydrogen-bond donors (Lipinski definition) is 0. The molecule has 0 aromatic carbocycles. The number of nitrogens with zero attached hydrogens (tertiary/aromatic N) is 2. The Hall–Kier alpha value is -1.10. The maximum atomic E-state index is 11.7. The van der Waals surface area contributed by atoms with Gasteiger partial charge in [-0.05, 0) is 26.2 Å². The van der Waals surface area contributed by atoms with Gasteiger partial charge in [-0.25, -0.2) is 9.78 Å². The number of piperidine rings is 1. The number of thiazole rings is 1. The fraction of sp³-hybridized carbons (Fsp3) is 0.636. The van der Waals surface area contributed by atoms with Gasteiger partial charge in [0.15, 0.2) is 5.69 Å². The van der Waals surface area contributed by atoms with Gasteiger partial charge in [0.25, 0.3) is 0 Å². The molecule has 1 aromatic rings. The van der Waals surface area contributed by atoms with Gasteiger partial charge in [0.1, 0.15) is 5.00 Å². The summed E-state index contributed by atoms with van der Waals surface area (Å²) in [6.07, 6.45) is 3.67. The second-order valence-electron chi connectivity index (χ2n) is 3.77. The van der Waals surface area contributed by atoms with E-state index in [4.69, 9.17) is 4.74 Å². The Morgan fingerprint density at radius 3 is 2.94 bits per heavy atom. The summed E-state index contributed by atoms with van der Waals surface area (Å²) in [5.41, 5.74) is 2.20. The van der Waals surface area contributed by atoms with Crippen LogP contribution in [-0.2, 0) is 4.74 Å². The molecule has 1 fully saturated rings. The fourth-order valence-corrected chi connectivity index (χ4v) is 2.74. The summed E-state index contributed by atoms with van der Waals surface area (Å²) in [6.45, 7) is 4.25. The molecule has 2 heterocycles. The normalized spacial score (nSPS) is 16.2. The van der Waals surface area contributed by atoms with Crippen LogP contribution in [0.5, 0.6) is 0 Å². The molecule has 88 valence electrons. The first kappa shape index (κ1) is 11.4. The molecule has 0 N–H and O–H groups in total. The Labute approximate surface area is 99.2 Å². The number of ether oxygens (including phenoxy) is 1. The molecule has 0 atom stereocenters. The van der Waals surface area contributed by atoms with Gasteiger partial charge in [0.05, 0.1) is 12.1 Å². The van der Waals surface area contributed by atoms with Gasteiger partial charge in [-0.2, -0.15) is 0 Å². The lowest BCUT2D eigenvalue weighted by atomic mass is 10.1. The van der Waals surface area contributed by atoms with Crippen LogP contribution < -0.4 is 4.90 Å². The van der Waals surface area contributed by atoms with E-state index in [1.54, 1.807) is 5.51 Å². The molecule has 0 bridgehead atoms. The summed E-state index contributed by atoms with van der Waals surface area (Å²) in [7, 11) is 0. The van der Waals surface area contributed by atoms with Crippen LogP contribution in [0.2, 0.25) is 0 Å². The van der Waals surface area contributed by atoms with E-state index in [1.165, 1.54) is 30.6 Å². The predicted molar refractivity (Wildman–Crippen MR) is 64.1 cm³/mol. The SMILES string of the molecule is CCOC(=O)c1ncsc1N1CCCCC1. The van der Waals surface area contributed by atoms with Crippen molar-refractivity contribution in [2.24, 2.45) is 0 Å². The van der Waals surface area contributed by atoms with E-state index in [-0.39, 0.29) is 5.97 Å². The molecule has 1 saturated heterocycles. The highest BCUT2D eigenvalue weighted by molar-refractivity contribution is 7.14. The molecule has 0 amide bonds. The zero-order valence-electron chi connectivity index (χ0n) is 9.44. The molecular formula is C11H16N2O2S. The molecule has 0 spiro atoms. The standard InChI is InChI=1S/C11H16N2O2S/c1-2-15-11(14)9-10(16-8-12-9)13-6-4-3-5-7-13/h8H,2-7H2,1H3. The summed E-state index contributed by atoms with van der Waals surface area (Å²) in [5, 5.41) is 0.971. The predicted octanol–water partition coefficient (Wildman–Crippen LogP) is 2.31. The van der Waals surface area contributed by atoms with Crippen molar-refractivity contribution < 1.29 is 9.53 Å². The molecule has 4 nitrogen and oxygen atoms in total. The highest BCUT2D eigenvalue weighted by Gasteiger charge is 2.22. The van der Waals surface area contributed by atoms with Crippen molar-refractivity contribution in [3.63, 3.8) is 0 Å². The minimum atomic E-state index is -0.302. The van der Waals surface area contributed by atoms with E-state index in [1.807, 2.05) is 6.92 Å². The molecule has 0 aliphatic carbocycles. The second-order valence-corrected chi connectivity index (χ2v) is 4.61. The minimum Gasteiger partial charge on any atom is -0.461 e. The lowest BCUT2D eigenvalue weighted by molar-refractivity contribution is 0.0521. The highest BCUT2D eigenvalue weighted by atomic mass is 32.1. The number of esters is 1. The number of anilines is 1. The van der Waals surface area contributed by atoms with Crippen molar-refractivity contribution in [3.8, 4) is 0 Å². The number of carbonyl (C=O) groups excluding carboxylic acids is 1. The molecule has 0 saturated carbocycles. The topological polar surface area (TPSA) is 42.4 Å². The summed E-state index contributed by atoms with van der Waals surface area (Å²) in [5.74, 6) is -0.302. The molecule has 1 aliphatic rings. The third kappa shape index (κ3) is 2.35. The monoisotopic (exact) mass is 240 g/mol. The van der Waals surface area contributed by atoms with E-state index in [2.05, 4.69) is 9.88 Å². The van der Waals surface area contributed by atoms with Gasteiger partial charge in [-0.15, -0.1) is 11.3 Å². The molecule has 2 rings (SSSR count). The van der Waals surface area contributed by atoms with Gasteiger partial charge in [-0.1, -0.05) is 0 Å². The fourth-order valence-electron chi connectivity index (χ4n) is 1.90. The third-order valence-corrected chi connectivity index (χ3v) is 3.55. The minimum absolute atomic E-state index is 0.302. The molecule has 16 heavy (non-hydrogen) atoms. The van der Waals surface area contributed by atoms with E-state index in [0.717, 1.165) is 18.1 Å². The Morgan fingerprint density at radius 2 is 2.25 bits per heavy atom. The van der Waals surface area contributed by atoms with Crippen LogP contribution in [-0.4, -0.2) is 30.6 Å². The van der Waals surface area contributed by atoms with Crippen LogP contribution in [0.3, 0.4) is 0 Å². The zero-order chi connectivity index (χ0) is 11.4. The summed E-state index contributed by atoms with van der Waals surface area (Å²) < 4.78 is 5.00. The number of aromatic nitrogens is 1. The van der Waals surface area contributed by atoms with Crippen LogP contribution in [0.15, 0.2) is 5.51 Å². The second kappa shape index (κ2) is 5.30. The first-order chi connectivity index (χ1) is 7.83. The zero-order valence-corrected chi connectivity index (χ0v) is 10.3. The lowest BCUT2D eigenvalue weighted by Gasteiger charge is -2.27. The van der Waals surface area contributed by atoms with Crippen LogP contribution >= 0.6 is 11.3 Å². The van der Waals surface area contributed by atoms with Gasteiger partial charge >= 0.3 is 5.97 Å². The van der Waals surface area contributed by atoms with Crippen LogP contribution in [0.25, 0.3) is 0 Å². The van der Waals surface area contributed by atoms with Crippen molar-refractivity contribution >= 4 is 22.3 Å². The number of carbonyl (C=O) groups is 1. The van der Waals surface area contributed by atoms with E-state index in [0.29, 0.717) is 12.3 Å². The van der Waals surface area contributed by atoms with Crippen LogP contribution in [0.4, 0.5) is 5.00 Å². The molecule has 0 unspecified atom stereocenters. The van der Waals surface area contributed by atoms with Crippen LogP contribution in [0, 0.1) is 0 Å². The molecule has 0 radical (unpaired) electrons. The first-order valence-electron chi connectivity index (χ1n) is 5.68. The Kier molecular flexibility index (Phi) is 3.77. The maximum Gasteiger partial charge on any atom is 0.360 e. The Morgan fingerprint density at radius 1 is 1.50 bits per heavy atom.